The number of nitrogens with zero attached hydrogens (tertiary/aromatic N) is 10. The molecule has 3 aliphatic heterocycles. The summed E-state index contributed by atoms with van der Waals surface area (Å²) in [7, 11) is -0.387. The number of hydrogen-bond acceptors (Lipinski definition) is 14. The van der Waals surface area contributed by atoms with Gasteiger partial charge in [-0.15, -0.1) is 0 Å². The number of nitrogen functional groups attached to an aromatic ring is 1. The molecule has 4 aromatic heterocycles. The molecule has 3 fully saturated rings. The first-order valence-electron chi connectivity index (χ1n) is 18.1. The van der Waals surface area contributed by atoms with E-state index in [1.54, 1.807) is 25.4 Å². The van der Waals surface area contributed by atoms with Crippen molar-refractivity contribution in [1.29, 1.82) is 0 Å². The van der Waals surface area contributed by atoms with Gasteiger partial charge in [0.25, 0.3) is 0 Å². The summed E-state index contributed by atoms with van der Waals surface area (Å²) < 4.78 is 11.6. The fourth-order valence-corrected chi connectivity index (χ4v) is 7.05. The highest BCUT2D eigenvalue weighted by Gasteiger charge is 2.31. The Kier molecular flexibility index (Phi) is 16.7. The van der Waals surface area contributed by atoms with Crippen molar-refractivity contribution in [3.8, 4) is 11.8 Å². The molecule has 0 spiro atoms. The van der Waals surface area contributed by atoms with Crippen LogP contribution in [0.2, 0.25) is 27.4 Å². The third-order valence-electron chi connectivity index (χ3n) is 9.26. The molecule has 7 heterocycles. The lowest BCUT2D eigenvalue weighted by molar-refractivity contribution is -0.139. The summed E-state index contributed by atoms with van der Waals surface area (Å²) in [5, 5.41) is 10.7. The number of likely N-dealkylation sites (tertiary alicyclic amines) is 2. The zero-order valence-electron chi connectivity index (χ0n) is 30.4. The van der Waals surface area contributed by atoms with Gasteiger partial charge in [-0.25, -0.2) is 9.97 Å². The topological polar surface area (TPSA) is 182 Å². The van der Waals surface area contributed by atoms with Crippen LogP contribution < -0.4 is 15.2 Å². The molecule has 0 atom stereocenters. The minimum Gasteiger partial charge on any atom is -0.473 e. The highest BCUT2D eigenvalue weighted by atomic mass is 35.5. The lowest BCUT2D eigenvalue weighted by atomic mass is 9.82. The molecule has 7 rings (SSSR count). The molecule has 0 radical (unpaired) electrons. The number of amides is 1. The van der Waals surface area contributed by atoms with Gasteiger partial charge in [0, 0.05) is 44.6 Å². The molecule has 0 aromatic carbocycles. The maximum absolute atomic E-state index is 13.0. The number of halogens is 4. The molecule has 3 saturated heterocycles. The Morgan fingerprint density at radius 3 is 1.71 bits per heavy atom. The number of anilines is 1. The third kappa shape index (κ3) is 14.4. The Balaban J connectivity index is 0.000000193. The van der Waals surface area contributed by atoms with E-state index >= 15 is 0 Å². The Morgan fingerprint density at radius 2 is 1.25 bits per heavy atom. The van der Waals surface area contributed by atoms with Crippen LogP contribution in [0.4, 0.5) is 5.82 Å². The van der Waals surface area contributed by atoms with Gasteiger partial charge in [0.05, 0.1) is 37.2 Å². The van der Waals surface area contributed by atoms with E-state index < -0.39 is 0 Å². The monoisotopic (exact) mass is 833 g/mol. The van der Waals surface area contributed by atoms with Gasteiger partial charge < -0.3 is 29.9 Å². The Morgan fingerprint density at radius 1 is 0.764 bits per heavy atom. The SMILES string of the molecule is CB(O)N1CCC(Oc2cncc(Cl)n2)CC1.Clc1cncc(Cl)n1.Nc1cc(CN2CCC(C(=O)N3CCC(Oc4cncc(Cl)n4)CC3)CC2)ccn1. The molecule has 0 saturated carbocycles. The summed E-state index contributed by atoms with van der Waals surface area (Å²) >= 11 is 22.4. The molecule has 55 heavy (non-hydrogen) atoms. The van der Waals surface area contributed by atoms with E-state index in [-0.39, 0.29) is 31.1 Å². The van der Waals surface area contributed by atoms with Crippen molar-refractivity contribution in [2.45, 2.75) is 64.1 Å². The van der Waals surface area contributed by atoms with Crippen LogP contribution in [0.25, 0.3) is 0 Å². The highest BCUT2D eigenvalue weighted by molar-refractivity contribution is 6.45. The molecular weight excluding hydrogens is 791 g/mol. The van der Waals surface area contributed by atoms with Crippen molar-refractivity contribution in [3.05, 3.63) is 81.7 Å². The van der Waals surface area contributed by atoms with Crippen LogP contribution in [0.3, 0.4) is 0 Å². The Labute approximate surface area is 341 Å². The van der Waals surface area contributed by atoms with E-state index in [4.69, 9.17) is 61.6 Å². The predicted molar refractivity (Wildman–Crippen MR) is 212 cm³/mol. The number of carbonyl (C=O) groups is 1. The van der Waals surface area contributed by atoms with Crippen molar-refractivity contribution in [2.24, 2.45) is 5.92 Å². The van der Waals surface area contributed by atoms with Gasteiger partial charge in [-0.1, -0.05) is 46.4 Å². The molecule has 3 aliphatic rings. The van der Waals surface area contributed by atoms with Gasteiger partial charge in [-0.2, -0.15) is 9.97 Å². The Hall–Kier alpha value is -3.64. The van der Waals surface area contributed by atoms with Crippen molar-refractivity contribution >= 4 is 65.2 Å². The zero-order chi connectivity index (χ0) is 39.2. The number of rotatable bonds is 8. The summed E-state index contributed by atoms with van der Waals surface area (Å²) in [6.07, 6.45) is 16.0. The van der Waals surface area contributed by atoms with E-state index in [1.807, 2.05) is 21.8 Å². The molecule has 20 heteroatoms. The second-order valence-corrected chi connectivity index (χ2v) is 14.8. The predicted octanol–water partition coefficient (Wildman–Crippen LogP) is 5.26. The fourth-order valence-electron chi connectivity index (χ4n) is 6.43. The lowest BCUT2D eigenvalue weighted by Crippen LogP contribution is -2.47. The molecule has 0 aliphatic carbocycles. The smallest absolute Gasteiger partial charge is 0.376 e. The van der Waals surface area contributed by atoms with Gasteiger partial charge in [-0.3, -0.25) is 24.6 Å². The molecule has 1 amide bonds. The third-order valence-corrected chi connectivity index (χ3v) is 9.99. The number of nitrogens with two attached hydrogens (primary N) is 1. The van der Waals surface area contributed by atoms with E-state index in [0.717, 1.165) is 71.2 Å². The first-order valence-corrected chi connectivity index (χ1v) is 19.6. The second kappa shape index (κ2) is 21.6. The van der Waals surface area contributed by atoms with Crippen LogP contribution in [-0.4, -0.2) is 119 Å². The lowest BCUT2D eigenvalue weighted by Gasteiger charge is -2.37. The second-order valence-electron chi connectivity index (χ2n) is 13.3. The van der Waals surface area contributed by atoms with Crippen molar-refractivity contribution in [1.82, 2.24) is 49.5 Å². The van der Waals surface area contributed by atoms with E-state index in [9.17, 15) is 9.82 Å². The minimum absolute atomic E-state index is 0.0384. The maximum atomic E-state index is 13.0. The molecule has 0 unspecified atom stereocenters. The minimum atomic E-state index is -0.387. The molecule has 0 bridgehead atoms. The number of hydrogen-bond donors (Lipinski definition) is 2. The Bertz CT molecular complexity index is 1710. The number of aromatic nitrogens is 7. The van der Waals surface area contributed by atoms with Crippen LogP contribution in [-0.2, 0) is 11.3 Å². The average molecular weight is 835 g/mol. The summed E-state index contributed by atoms with van der Waals surface area (Å²) in [4.78, 5) is 46.8. The van der Waals surface area contributed by atoms with Gasteiger partial charge in [0.1, 0.15) is 28.3 Å². The fraction of sp³-hybridized carbons (Fsp3) is 0.486. The van der Waals surface area contributed by atoms with Gasteiger partial charge >= 0.3 is 7.05 Å². The summed E-state index contributed by atoms with van der Waals surface area (Å²) in [6, 6.07) is 3.91. The standard InChI is InChI=1S/C21H27ClN6O2.C10H15BClN3O2.C4H2Cl2N2/c22-18-12-24-13-20(26-18)30-17-4-9-28(10-5-17)21(29)16-2-7-27(8-3-16)14-15-1-6-25-19(23)11-15;1-11(16)15-4-2-8(3-5-15)17-10-7-13-6-9(12)14-10;5-3-1-7-2-4(6)8-3/h1,6,11-13,16-17H,2-5,7-10,14H2,(H2,23,25);6-8,16H,2-5H2,1H3;1-2H. The van der Waals surface area contributed by atoms with Gasteiger partial charge in [-0.05, 0) is 76.4 Å². The van der Waals surface area contributed by atoms with Crippen LogP contribution >= 0.6 is 46.4 Å². The first kappa shape index (κ1) is 42.5. The van der Waals surface area contributed by atoms with Crippen LogP contribution in [0.1, 0.15) is 44.1 Å². The normalized spacial score (nSPS) is 17.3. The van der Waals surface area contributed by atoms with E-state index in [0.29, 0.717) is 51.3 Å². The molecule has 294 valence electrons. The highest BCUT2D eigenvalue weighted by Crippen LogP contribution is 2.25. The number of piperidine rings is 3. The zero-order valence-corrected chi connectivity index (χ0v) is 33.5. The summed E-state index contributed by atoms with van der Waals surface area (Å²) in [5.41, 5.74) is 6.93. The van der Waals surface area contributed by atoms with Crippen LogP contribution in [0.5, 0.6) is 11.8 Å². The van der Waals surface area contributed by atoms with Crippen molar-refractivity contribution < 1.29 is 19.3 Å². The van der Waals surface area contributed by atoms with Crippen molar-refractivity contribution in [2.75, 3.05) is 45.0 Å². The molecular formula is C35H44BCl4N11O4. The van der Waals surface area contributed by atoms with Crippen LogP contribution in [0.15, 0.2) is 55.5 Å². The van der Waals surface area contributed by atoms with E-state index in [2.05, 4.69) is 39.8 Å². The molecule has 4 aromatic rings. The quantitative estimate of drug-likeness (QED) is 0.220. The van der Waals surface area contributed by atoms with Gasteiger partial charge in [0.15, 0.2) is 10.3 Å². The average Bonchev–Trinajstić information content (AvgIpc) is 3.16. The molecule has 3 N–H and O–H groups in total. The number of pyridine rings is 1. The maximum Gasteiger partial charge on any atom is 0.376 e. The molecule has 15 nitrogen and oxygen atoms in total. The largest absolute Gasteiger partial charge is 0.473 e. The number of ether oxygens (including phenoxy) is 2. The van der Waals surface area contributed by atoms with Crippen molar-refractivity contribution in [3.63, 3.8) is 0 Å². The first-order chi connectivity index (χ1) is 26.5. The summed E-state index contributed by atoms with van der Waals surface area (Å²) in [6.45, 7) is 7.57. The summed E-state index contributed by atoms with van der Waals surface area (Å²) in [5.74, 6) is 1.85. The van der Waals surface area contributed by atoms with E-state index in [1.165, 1.54) is 30.4 Å². The number of carbonyl (C=O) groups excluding carboxylic acids is 1. The van der Waals surface area contributed by atoms with Crippen LogP contribution in [0, 0.1) is 5.92 Å². The van der Waals surface area contributed by atoms with Gasteiger partial charge in [0.2, 0.25) is 17.7 Å².